The summed E-state index contributed by atoms with van der Waals surface area (Å²) >= 11 is 0. The number of rotatable bonds is 3. The summed E-state index contributed by atoms with van der Waals surface area (Å²) in [5, 5.41) is 0. The maximum atomic E-state index is 6.00. The summed E-state index contributed by atoms with van der Waals surface area (Å²) in [6.07, 6.45) is 1.30. The third-order valence-electron chi connectivity index (χ3n) is 3.76. The molecule has 1 aliphatic heterocycles. The Kier molecular flexibility index (Phi) is 3.02. The van der Waals surface area contributed by atoms with Gasteiger partial charge in [0.15, 0.2) is 5.65 Å². The van der Waals surface area contributed by atoms with Crippen LogP contribution < -0.4 is 10.5 Å². The van der Waals surface area contributed by atoms with Crippen molar-refractivity contribution in [3.05, 3.63) is 12.1 Å². The van der Waals surface area contributed by atoms with Crippen LogP contribution >= 0.6 is 0 Å². The second-order valence-electron chi connectivity index (χ2n) is 4.90. The van der Waals surface area contributed by atoms with Gasteiger partial charge in [-0.3, -0.25) is 4.57 Å². The van der Waals surface area contributed by atoms with E-state index in [1.54, 1.807) is 13.2 Å². The van der Waals surface area contributed by atoms with Crippen LogP contribution in [0.4, 0.5) is 5.95 Å². The van der Waals surface area contributed by atoms with Crippen molar-refractivity contribution in [2.24, 2.45) is 5.92 Å². The molecule has 19 heavy (non-hydrogen) atoms. The van der Waals surface area contributed by atoms with Gasteiger partial charge in [0.25, 0.3) is 0 Å². The number of pyridine rings is 1. The van der Waals surface area contributed by atoms with Crippen molar-refractivity contribution in [1.82, 2.24) is 14.5 Å². The Hall–Kier alpha value is -1.82. The molecule has 2 atom stereocenters. The van der Waals surface area contributed by atoms with Gasteiger partial charge in [0.1, 0.15) is 5.52 Å². The molecule has 3 rings (SSSR count). The van der Waals surface area contributed by atoms with Crippen molar-refractivity contribution in [3.63, 3.8) is 0 Å². The molecule has 0 saturated carbocycles. The van der Waals surface area contributed by atoms with Crippen LogP contribution in [0.2, 0.25) is 0 Å². The van der Waals surface area contributed by atoms with Gasteiger partial charge < -0.3 is 15.2 Å². The molecular formula is C13H18N4O2. The van der Waals surface area contributed by atoms with E-state index in [9.17, 15) is 0 Å². The van der Waals surface area contributed by atoms with Crippen molar-refractivity contribution >= 4 is 17.1 Å². The Morgan fingerprint density at radius 1 is 1.47 bits per heavy atom. The summed E-state index contributed by atoms with van der Waals surface area (Å²) in [5.74, 6) is 1.52. The Morgan fingerprint density at radius 3 is 3.00 bits per heavy atom. The minimum Gasteiger partial charge on any atom is -0.481 e. The first-order valence-electron chi connectivity index (χ1n) is 6.47. The van der Waals surface area contributed by atoms with E-state index in [-0.39, 0.29) is 6.10 Å². The molecule has 6 nitrogen and oxygen atoms in total. The molecular weight excluding hydrogens is 244 g/mol. The van der Waals surface area contributed by atoms with E-state index in [4.69, 9.17) is 15.2 Å². The SMILES string of the molecule is COc1ccc2nc(N)n(CC3CCOC3C)c2n1. The highest BCUT2D eigenvalue weighted by Gasteiger charge is 2.26. The largest absolute Gasteiger partial charge is 0.481 e. The summed E-state index contributed by atoms with van der Waals surface area (Å²) in [7, 11) is 1.60. The van der Waals surface area contributed by atoms with Gasteiger partial charge in [-0.05, 0) is 19.4 Å². The van der Waals surface area contributed by atoms with Crippen LogP contribution in [0.5, 0.6) is 5.88 Å². The van der Waals surface area contributed by atoms with Gasteiger partial charge in [-0.2, -0.15) is 4.98 Å². The number of nitrogens with zero attached hydrogens (tertiary/aromatic N) is 3. The molecule has 0 radical (unpaired) electrons. The lowest BCUT2D eigenvalue weighted by atomic mass is 10.0. The highest BCUT2D eigenvalue weighted by molar-refractivity contribution is 5.74. The van der Waals surface area contributed by atoms with Crippen LogP contribution in [0.1, 0.15) is 13.3 Å². The number of imidazole rings is 1. The second-order valence-corrected chi connectivity index (χ2v) is 4.90. The third kappa shape index (κ3) is 2.12. The van der Waals surface area contributed by atoms with Crippen molar-refractivity contribution in [1.29, 1.82) is 0 Å². The normalized spacial score (nSPS) is 23.1. The number of ether oxygens (including phenoxy) is 2. The fourth-order valence-corrected chi connectivity index (χ4v) is 2.55. The van der Waals surface area contributed by atoms with E-state index in [0.29, 0.717) is 17.7 Å². The van der Waals surface area contributed by atoms with Gasteiger partial charge in [-0.1, -0.05) is 0 Å². The van der Waals surface area contributed by atoms with E-state index in [2.05, 4.69) is 16.9 Å². The molecule has 0 amide bonds. The first-order valence-corrected chi connectivity index (χ1v) is 6.47. The molecule has 2 aromatic heterocycles. The summed E-state index contributed by atoms with van der Waals surface area (Å²) in [6.45, 7) is 3.69. The summed E-state index contributed by atoms with van der Waals surface area (Å²) in [6, 6.07) is 3.67. The first kappa shape index (κ1) is 12.2. The van der Waals surface area contributed by atoms with E-state index in [1.165, 1.54) is 0 Å². The van der Waals surface area contributed by atoms with E-state index in [0.717, 1.165) is 30.7 Å². The number of anilines is 1. The zero-order chi connectivity index (χ0) is 13.4. The van der Waals surface area contributed by atoms with Crippen molar-refractivity contribution in [3.8, 4) is 5.88 Å². The molecule has 1 fully saturated rings. The fraction of sp³-hybridized carbons (Fsp3) is 0.538. The summed E-state index contributed by atoms with van der Waals surface area (Å²) in [5.41, 5.74) is 7.57. The second kappa shape index (κ2) is 4.70. The third-order valence-corrected chi connectivity index (χ3v) is 3.76. The lowest BCUT2D eigenvalue weighted by Gasteiger charge is -2.15. The fourth-order valence-electron chi connectivity index (χ4n) is 2.55. The zero-order valence-electron chi connectivity index (χ0n) is 11.2. The van der Waals surface area contributed by atoms with Crippen LogP contribution in [-0.2, 0) is 11.3 Å². The minimum absolute atomic E-state index is 0.252. The quantitative estimate of drug-likeness (QED) is 0.906. The molecule has 3 heterocycles. The van der Waals surface area contributed by atoms with Crippen LogP contribution in [0.25, 0.3) is 11.2 Å². The lowest BCUT2D eigenvalue weighted by molar-refractivity contribution is 0.102. The molecule has 2 unspecified atom stereocenters. The lowest BCUT2D eigenvalue weighted by Crippen LogP contribution is -2.19. The van der Waals surface area contributed by atoms with Gasteiger partial charge >= 0.3 is 0 Å². The predicted octanol–water partition coefficient (Wildman–Crippen LogP) is 1.45. The minimum atomic E-state index is 0.252. The number of hydrogen-bond donors (Lipinski definition) is 1. The molecule has 0 spiro atoms. The molecule has 2 aromatic rings. The van der Waals surface area contributed by atoms with Gasteiger partial charge in [0, 0.05) is 25.1 Å². The Balaban J connectivity index is 1.99. The maximum Gasteiger partial charge on any atom is 0.215 e. The molecule has 102 valence electrons. The van der Waals surface area contributed by atoms with Crippen LogP contribution in [0.3, 0.4) is 0 Å². The Bertz CT molecular complexity index is 596. The number of methoxy groups -OCH3 is 1. The number of nitrogen functional groups attached to an aromatic ring is 1. The first-order chi connectivity index (χ1) is 9.19. The molecule has 1 saturated heterocycles. The van der Waals surface area contributed by atoms with Crippen LogP contribution in [-0.4, -0.2) is 34.4 Å². The van der Waals surface area contributed by atoms with E-state index in [1.807, 2.05) is 10.6 Å². The monoisotopic (exact) mass is 262 g/mol. The predicted molar refractivity (Wildman–Crippen MR) is 72.0 cm³/mol. The van der Waals surface area contributed by atoms with Crippen LogP contribution in [0.15, 0.2) is 12.1 Å². The highest BCUT2D eigenvalue weighted by Crippen LogP contribution is 2.26. The smallest absolute Gasteiger partial charge is 0.215 e. The summed E-state index contributed by atoms with van der Waals surface area (Å²) < 4.78 is 12.7. The zero-order valence-corrected chi connectivity index (χ0v) is 11.2. The molecule has 2 N–H and O–H groups in total. The van der Waals surface area contributed by atoms with Crippen molar-refractivity contribution in [2.45, 2.75) is 26.0 Å². The molecule has 1 aliphatic rings. The highest BCUT2D eigenvalue weighted by atomic mass is 16.5. The van der Waals surface area contributed by atoms with Gasteiger partial charge in [0.2, 0.25) is 11.8 Å². The van der Waals surface area contributed by atoms with E-state index < -0.39 is 0 Å². The molecule has 0 bridgehead atoms. The maximum absolute atomic E-state index is 6.00. The number of hydrogen-bond acceptors (Lipinski definition) is 5. The van der Waals surface area contributed by atoms with Crippen LogP contribution in [0, 0.1) is 5.92 Å². The summed E-state index contributed by atoms with van der Waals surface area (Å²) in [4.78, 5) is 8.78. The molecule has 0 aromatic carbocycles. The van der Waals surface area contributed by atoms with Gasteiger partial charge in [-0.25, -0.2) is 4.98 Å². The average molecular weight is 262 g/mol. The van der Waals surface area contributed by atoms with Crippen molar-refractivity contribution < 1.29 is 9.47 Å². The number of fused-ring (bicyclic) bond motifs is 1. The molecule has 0 aliphatic carbocycles. The topological polar surface area (TPSA) is 75.2 Å². The average Bonchev–Trinajstić information content (AvgIpc) is 2.94. The van der Waals surface area contributed by atoms with E-state index >= 15 is 0 Å². The molecule has 6 heteroatoms. The Morgan fingerprint density at radius 2 is 2.32 bits per heavy atom. The standard InChI is InChI=1S/C13H18N4O2/c1-8-9(5-6-19-8)7-17-12-10(15-13(17)14)3-4-11(16-12)18-2/h3-4,8-9H,5-7H2,1-2H3,(H2,14,15). The Labute approximate surface area is 111 Å². The van der Waals surface area contributed by atoms with Crippen molar-refractivity contribution in [2.75, 3.05) is 19.5 Å². The number of aromatic nitrogens is 3. The van der Waals surface area contributed by atoms with Gasteiger partial charge in [-0.15, -0.1) is 0 Å². The van der Waals surface area contributed by atoms with Gasteiger partial charge in [0.05, 0.1) is 13.2 Å². The number of nitrogens with two attached hydrogens (primary N) is 1.